The van der Waals surface area contributed by atoms with E-state index in [1.807, 2.05) is 0 Å². The topological polar surface area (TPSA) is 92.1 Å². The van der Waals surface area contributed by atoms with Crippen LogP contribution in [0.4, 0.5) is 22.0 Å². The molecule has 0 aromatic rings. The number of hydrogen-bond donors (Lipinski definition) is 3. The van der Waals surface area contributed by atoms with Gasteiger partial charge in [-0.05, 0) is 0 Å². The molecule has 1 radical (unpaired) electrons. The summed E-state index contributed by atoms with van der Waals surface area (Å²) in [7, 11) is -9.22. The van der Waals surface area contributed by atoms with Crippen LogP contribution in [0.25, 0.3) is 0 Å². The summed E-state index contributed by atoms with van der Waals surface area (Å²) in [5.74, 6) is -5.49. The summed E-state index contributed by atoms with van der Waals surface area (Å²) in [6.07, 6.45) is -3.72. The first-order valence-corrected chi connectivity index (χ1v) is 5.48. The van der Waals surface area contributed by atoms with E-state index in [2.05, 4.69) is 0 Å². The first-order valence-electron chi connectivity index (χ1n) is 3.12. The quantitative estimate of drug-likeness (QED) is 0.210. The van der Waals surface area contributed by atoms with Gasteiger partial charge in [-0.2, -0.15) is 17.6 Å². The molecule has 0 unspecified atom stereocenters. The van der Waals surface area contributed by atoms with E-state index >= 15 is 0 Å². The van der Waals surface area contributed by atoms with Crippen molar-refractivity contribution in [2.75, 3.05) is 0 Å². The van der Waals surface area contributed by atoms with Crippen LogP contribution in [0.1, 0.15) is 0 Å². The van der Waals surface area contributed by atoms with E-state index in [4.69, 9.17) is 5.41 Å². The Balaban J connectivity index is 0. The van der Waals surface area contributed by atoms with Crippen molar-refractivity contribution in [3.8, 4) is 0 Å². The van der Waals surface area contributed by atoms with Crippen molar-refractivity contribution < 1.29 is 38.8 Å². The molecule has 0 aliphatic carbocycles. The third-order valence-corrected chi connectivity index (χ3v) is 2.55. The Hall–Kier alpha value is -0.183. The monoisotopic (exact) mass is 296 g/mol. The molecule has 0 saturated heterocycles. The molecule has 0 aromatic heterocycles. The van der Waals surface area contributed by atoms with Gasteiger partial charge in [0.15, 0.2) is 15.7 Å². The average Bonchev–Trinajstić information content (AvgIpc) is 2.14. The summed E-state index contributed by atoms with van der Waals surface area (Å²) in [6.45, 7) is 0. The zero-order valence-corrected chi connectivity index (χ0v) is 8.71. The molecule has 0 aromatic carbocycles. The molecule has 0 rings (SSSR count). The van der Waals surface area contributed by atoms with Crippen LogP contribution in [-0.4, -0.2) is 51.9 Å². The number of alkyl halides is 4. The van der Waals surface area contributed by atoms with Crippen molar-refractivity contribution in [3.63, 3.8) is 0 Å². The second-order valence-electron chi connectivity index (χ2n) is 2.29. The fourth-order valence-corrected chi connectivity index (χ4v) is 1.12. The molecule has 0 bridgehead atoms. The van der Waals surface area contributed by atoms with E-state index < -0.39 is 43.8 Å². The van der Waals surface area contributed by atoms with Gasteiger partial charge in [0.2, 0.25) is 10.7 Å². The molecule has 0 saturated carbocycles. The Kier molecular flexibility index (Phi) is 6.90. The molecule has 0 amide bonds. The molecular formula is C4H4F5LiNO4S2. The van der Waals surface area contributed by atoms with Gasteiger partial charge in [-0.3, -0.25) is 5.41 Å². The zero-order valence-electron chi connectivity index (χ0n) is 6.92. The first-order chi connectivity index (χ1) is 6.95. The van der Waals surface area contributed by atoms with E-state index in [1.54, 1.807) is 0 Å². The van der Waals surface area contributed by atoms with Crippen molar-refractivity contribution >= 4 is 45.3 Å². The molecule has 97 valence electrons. The Labute approximate surface area is 107 Å². The summed E-state index contributed by atoms with van der Waals surface area (Å²) >= 11 is 0. The molecule has 5 nitrogen and oxygen atoms in total. The number of nitrogens with one attached hydrogen (secondary N) is 1. The Bertz CT molecular complexity index is 431. The average molecular weight is 296 g/mol. The van der Waals surface area contributed by atoms with Crippen LogP contribution < -0.4 is 0 Å². The van der Waals surface area contributed by atoms with Gasteiger partial charge >= 0.3 is 36.2 Å². The molecule has 0 atom stereocenters. The van der Waals surface area contributed by atoms with Crippen LogP contribution in [0.15, 0.2) is 0 Å². The normalized spacial score (nSPS) is 12.9. The Morgan fingerprint density at radius 2 is 1.35 bits per heavy atom. The summed E-state index contributed by atoms with van der Waals surface area (Å²) < 4.78 is 101. The van der Waals surface area contributed by atoms with Gasteiger partial charge in [0.25, 0.3) is 0 Å². The van der Waals surface area contributed by atoms with Crippen LogP contribution in [0.3, 0.4) is 0 Å². The van der Waals surface area contributed by atoms with Gasteiger partial charge in [0.1, 0.15) is 0 Å². The van der Waals surface area contributed by atoms with E-state index in [1.165, 1.54) is 0 Å². The molecule has 0 aliphatic heterocycles. The number of hydrogen-bond acceptors (Lipinski definition) is 5. The van der Waals surface area contributed by atoms with Crippen molar-refractivity contribution in [2.45, 2.75) is 11.2 Å². The van der Waals surface area contributed by atoms with Crippen molar-refractivity contribution in [1.82, 2.24) is 0 Å². The molecule has 0 heterocycles. The number of thiol groups is 2. The van der Waals surface area contributed by atoms with Gasteiger partial charge in [0, 0.05) is 0 Å². The fraction of sp³-hybridized carbons (Fsp3) is 0.500. The summed E-state index contributed by atoms with van der Waals surface area (Å²) in [5, 5.41) is -2.04. The maximum atomic E-state index is 12.5. The molecule has 17 heavy (non-hydrogen) atoms. The van der Waals surface area contributed by atoms with Gasteiger partial charge in [-0.1, -0.05) is 0 Å². The predicted octanol–water partition coefficient (Wildman–Crippen LogP) is -0.732. The molecule has 0 fully saturated rings. The molecular weight excluding hydrogens is 292 g/mol. The summed E-state index contributed by atoms with van der Waals surface area (Å²) in [4.78, 5) is 0. The van der Waals surface area contributed by atoms with Crippen molar-refractivity contribution in [1.29, 1.82) is 5.41 Å². The second kappa shape index (κ2) is 6.12. The summed E-state index contributed by atoms with van der Waals surface area (Å²) in [6, 6.07) is 0. The van der Waals surface area contributed by atoms with Gasteiger partial charge in [-0.15, -0.1) is 0 Å². The Morgan fingerprint density at radius 1 is 1.00 bits per heavy atom. The minimum absolute atomic E-state index is 0. The zero-order chi connectivity index (χ0) is 13.3. The standard InChI is InChI=1S/C4H3F5NO4S2.Li.H/c5-1(4(8,9)16(13)14)3(6,7)2(10)15(11)12;;/h10,15-16H;;. The van der Waals surface area contributed by atoms with E-state index in [0.29, 0.717) is 0 Å². The van der Waals surface area contributed by atoms with Gasteiger partial charge < -0.3 is 0 Å². The predicted molar refractivity (Wildman–Crippen MR) is 49.8 cm³/mol. The van der Waals surface area contributed by atoms with Crippen molar-refractivity contribution in [2.24, 2.45) is 0 Å². The third kappa shape index (κ3) is 3.90. The maximum absolute atomic E-state index is 12.5. The third-order valence-electron chi connectivity index (χ3n) is 1.25. The molecule has 1 N–H and O–H groups in total. The summed E-state index contributed by atoms with van der Waals surface area (Å²) in [5.41, 5.74) is 0. The van der Waals surface area contributed by atoms with Crippen molar-refractivity contribution in [3.05, 3.63) is 6.17 Å². The van der Waals surface area contributed by atoms with Crippen LogP contribution in [0, 0.1) is 11.6 Å². The molecule has 0 aliphatic rings. The fourth-order valence-electron chi connectivity index (χ4n) is 0.488. The van der Waals surface area contributed by atoms with E-state index in [9.17, 15) is 38.8 Å². The molecule has 0 spiro atoms. The van der Waals surface area contributed by atoms with E-state index in [0.717, 1.165) is 0 Å². The van der Waals surface area contributed by atoms with Crippen LogP contribution >= 0.6 is 0 Å². The second-order valence-corrected chi connectivity index (χ2v) is 4.33. The molecule has 13 heteroatoms. The van der Waals surface area contributed by atoms with Gasteiger partial charge in [-0.25, -0.2) is 21.2 Å². The number of rotatable bonds is 4. The van der Waals surface area contributed by atoms with Crippen LogP contribution in [-0.2, 0) is 21.4 Å². The minimum atomic E-state index is -5.55. The Morgan fingerprint density at radius 3 is 1.59 bits per heavy atom. The SMILES string of the molecule is N=C([SH](=O)=O)C(F)(F)[C](F)C(F)(F)[SH](=O)=O.[LiH]. The first kappa shape index (κ1) is 19.2. The van der Waals surface area contributed by atoms with Gasteiger partial charge in [0.05, 0.1) is 0 Å². The number of halogens is 5. The van der Waals surface area contributed by atoms with Crippen LogP contribution in [0.5, 0.6) is 0 Å². The van der Waals surface area contributed by atoms with E-state index in [-0.39, 0.29) is 18.9 Å². The van der Waals surface area contributed by atoms with Crippen LogP contribution in [0.2, 0.25) is 0 Å².